The van der Waals surface area contributed by atoms with Crippen LogP contribution in [0.4, 0.5) is 0 Å². The van der Waals surface area contributed by atoms with Gasteiger partial charge >= 0.3 is 5.69 Å². The highest BCUT2D eigenvalue weighted by atomic mass is 16.7. The van der Waals surface area contributed by atoms with E-state index in [-0.39, 0.29) is 11.2 Å². The second-order valence-corrected chi connectivity index (χ2v) is 6.29. The van der Waals surface area contributed by atoms with Crippen LogP contribution in [0, 0.1) is 0 Å². The van der Waals surface area contributed by atoms with Gasteiger partial charge in [0.15, 0.2) is 11.2 Å². The van der Waals surface area contributed by atoms with Crippen LogP contribution in [0.2, 0.25) is 0 Å². The lowest BCUT2D eigenvalue weighted by atomic mass is 10.1. The zero-order valence-electron chi connectivity index (χ0n) is 14.6. The molecule has 2 aromatic heterocycles. The van der Waals surface area contributed by atoms with Crippen LogP contribution in [-0.4, -0.2) is 50.0 Å². The molecule has 0 atom stereocenters. The first-order chi connectivity index (χ1) is 11.5. The number of imidazole rings is 1. The van der Waals surface area contributed by atoms with Gasteiger partial charge in [0, 0.05) is 27.1 Å². The number of hydrogen-bond acceptors (Lipinski definition) is 5. The van der Waals surface area contributed by atoms with Gasteiger partial charge in [0.05, 0.1) is 0 Å². The van der Waals surface area contributed by atoms with Crippen LogP contribution in [-0.2, 0) is 20.5 Å². The van der Waals surface area contributed by atoms with E-state index in [1.165, 1.54) is 35.6 Å². The van der Waals surface area contributed by atoms with Crippen molar-refractivity contribution >= 4 is 11.2 Å². The van der Waals surface area contributed by atoms with Crippen molar-refractivity contribution in [3.8, 4) is 0 Å². The third-order valence-corrected chi connectivity index (χ3v) is 4.68. The summed E-state index contributed by atoms with van der Waals surface area (Å²) in [5, 5.41) is 0. The predicted molar refractivity (Wildman–Crippen MR) is 91.3 cm³/mol. The number of hydrogen-bond donors (Lipinski definition) is 0. The number of aryl methyl sites for hydroxylation is 2. The minimum absolute atomic E-state index is 0.329. The molecule has 0 unspecified atom stereocenters. The maximum absolute atomic E-state index is 12.5. The van der Waals surface area contributed by atoms with Gasteiger partial charge in [0.2, 0.25) is 0 Å². The Morgan fingerprint density at radius 2 is 1.79 bits per heavy atom. The molecule has 1 aliphatic rings. The third kappa shape index (κ3) is 2.86. The van der Waals surface area contributed by atoms with Gasteiger partial charge in [0.25, 0.3) is 5.56 Å². The summed E-state index contributed by atoms with van der Waals surface area (Å²) in [6.45, 7) is 5.48. The highest BCUT2D eigenvalue weighted by Crippen LogP contribution is 2.11. The normalized spacial score (nSPS) is 16.0. The van der Waals surface area contributed by atoms with Crippen molar-refractivity contribution in [3.05, 3.63) is 26.7 Å². The summed E-state index contributed by atoms with van der Waals surface area (Å²) in [6, 6.07) is 0. The zero-order valence-corrected chi connectivity index (χ0v) is 14.6. The molecule has 0 aliphatic carbocycles. The fraction of sp³-hybridized carbons (Fsp3) is 0.688. The van der Waals surface area contributed by atoms with Gasteiger partial charge in [0.1, 0.15) is 12.4 Å². The molecule has 1 fully saturated rings. The van der Waals surface area contributed by atoms with E-state index in [4.69, 9.17) is 4.84 Å². The van der Waals surface area contributed by atoms with E-state index in [0.29, 0.717) is 30.0 Å². The Morgan fingerprint density at radius 3 is 2.46 bits per heavy atom. The number of fused-ring (bicyclic) bond motifs is 1. The summed E-state index contributed by atoms with van der Waals surface area (Å²) in [5.74, 6) is 0.655. The van der Waals surface area contributed by atoms with Gasteiger partial charge in [-0.15, -0.1) is 0 Å². The number of nitrogens with zero attached hydrogens (tertiary/aromatic N) is 5. The molecule has 0 aromatic carbocycles. The second-order valence-electron chi connectivity index (χ2n) is 6.29. The maximum Gasteiger partial charge on any atom is 0.332 e. The fourth-order valence-corrected chi connectivity index (χ4v) is 3.22. The minimum Gasteiger partial charge on any atom is -0.410 e. The highest BCUT2D eigenvalue weighted by molar-refractivity contribution is 5.70. The molecule has 3 heterocycles. The van der Waals surface area contributed by atoms with E-state index in [1.54, 1.807) is 7.05 Å². The lowest BCUT2D eigenvalue weighted by Gasteiger charge is -2.26. The quantitative estimate of drug-likeness (QED) is 0.763. The van der Waals surface area contributed by atoms with Crippen molar-refractivity contribution < 1.29 is 4.84 Å². The molecule has 3 rings (SSSR count). The van der Waals surface area contributed by atoms with Crippen molar-refractivity contribution in [2.75, 3.05) is 26.2 Å². The summed E-state index contributed by atoms with van der Waals surface area (Å²) in [4.78, 5) is 37.3. The van der Waals surface area contributed by atoms with Crippen LogP contribution < -0.4 is 16.1 Å². The Bertz CT molecular complexity index is 842. The lowest BCUT2D eigenvalue weighted by molar-refractivity contribution is 0.0817. The first-order valence-electron chi connectivity index (χ1n) is 8.57. The molecular weight excluding hydrogens is 310 g/mol. The minimum atomic E-state index is -0.381. The summed E-state index contributed by atoms with van der Waals surface area (Å²) in [5.41, 5.74) is -0.0561. The number of aromatic nitrogens is 4. The second kappa shape index (κ2) is 6.80. The van der Waals surface area contributed by atoms with Gasteiger partial charge in [-0.25, -0.2) is 9.78 Å². The topological polar surface area (TPSA) is 74.3 Å². The average Bonchev–Trinajstić information content (AvgIpc) is 2.98. The van der Waals surface area contributed by atoms with Crippen molar-refractivity contribution in [3.63, 3.8) is 0 Å². The fourth-order valence-electron chi connectivity index (χ4n) is 3.22. The van der Waals surface area contributed by atoms with Crippen LogP contribution >= 0.6 is 0 Å². The van der Waals surface area contributed by atoms with Crippen LogP contribution in [0.15, 0.2) is 9.59 Å². The molecule has 8 heteroatoms. The molecular formula is C16H25N5O3. The van der Waals surface area contributed by atoms with Gasteiger partial charge in [-0.3, -0.25) is 18.8 Å². The molecule has 24 heavy (non-hydrogen) atoms. The van der Waals surface area contributed by atoms with Gasteiger partial charge in [-0.1, -0.05) is 13.3 Å². The average molecular weight is 335 g/mol. The van der Waals surface area contributed by atoms with Crippen molar-refractivity contribution in [2.45, 2.75) is 32.6 Å². The summed E-state index contributed by atoms with van der Waals surface area (Å²) < 4.78 is 4.00. The lowest BCUT2D eigenvalue weighted by Crippen LogP contribution is -2.38. The first kappa shape index (κ1) is 16.8. The number of rotatable bonds is 5. The molecule has 0 saturated carbocycles. The summed E-state index contributed by atoms with van der Waals surface area (Å²) in [6.07, 6.45) is 4.39. The zero-order chi connectivity index (χ0) is 17.3. The van der Waals surface area contributed by atoms with Crippen LogP contribution in [0.1, 0.15) is 32.0 Å². The maximum atomic E-state index is 12.5. The number of likely N-dealkylation sites (tertiary alicyclic amines) is 1. The molecule has 0 bridgehead atoms. The molecule has 2 aromatic rings. The largest absolute Gasteiger partial charge is 0.410 e. The monoisotopic (exact) mass is 335 g/mol. The van der Waals surface area contributed by atoms with E-state index < -0.39 is 0 Å². The SMILES string of the molecule is CCc1nc2c(c(=O)n(C)c(=O)n2C)n1OCCN1CCCCC1. The van der Waals surface area contributed by atoms with E-state index in [9.17, 15) is 9.59 Å². The Hall–Kier alpha value is -2.09. The Morgan fingerprint density at radius 1 is 1.08 bits per heavy atom. The van der Waals surface area contributed by atoms with E-state index in [1.807, 2.05) is 6.92 Å². The van der Waals surface area contributed by atoms with Crippen molar-refractivity contribution in [2.24, 2.45) is 14.1 Å². The molecule has 0 spiro atoms. The van der Waals surface area contributed by atoms with Gasteiger partial charge in [-0.2, -0.15) is 4.73 Å². The van der Waals surface area contributed by atoms with E-state index in [2.05, 4.69) is 9.88 Å². The van der Waals surface area contributed by atoms with Crippen LogP contribution in [0.5, 0.6) is 0 Å². The van der Waals surface area contributed by atoms with Gasteiger partial charge < -0.3 is 4.84 Å². The van der Waals surface area contributed by atoms with Gasteiger partial charge in [-0.05, 0) is 25.9 Å². The molecule has 0 amide bonds. The van der Waals surface area contributed by atoms with Crippen molar-refractivity contribution in [1.82, 2.24) is 23.7 Å². The Balaban J connectivity index is 1.91. The van der Waals surface area contributed by atoms with Crippen LogP contribution in [0.25, 0.3) is 11.2 Å². The number of piperidine rings is 1. The summed E-state index contributed by atoms with van der Waals surface area (Å²) in [7, 11) is 3.09. The third-order valence-electron chi connectivity index (χ3n) is 4.68. The van der Waals surface area contributed by atoms with E-state index >= 15 is 0 Å². The summed E-state index contributed by atoms with van der Waals surface area (Å²) >= 11 is 0. The smallest absolute Gasteiger partial charge is 0.332 e. The van der Waals surface area contributed by atoms with Crippen LogP contribution in [0.3, 0.4) is 0 Å². The predicted octanol–water partition coefficient (Wildman–Crippen LogP) is -0.0894. The molecule has 1 saturated heterocycles. The highest BCUT2D eigenvalue weighted by Gasteiger charge is 2.19. The molecule has 1 aliphatic heterocycles. The Labute approximate surface area is 140 Å². The standard InChI is InChI=1S/C16H25N5O3/c1-4-12-17-14-13(15(22)19(3)16(23)18(14)2)21(12)24-11-10-20-8-6-5-7-9-20/h4-11H2,1-3H3. The molecule has 0 N–H and O–H groups in total. The first-order valence-corrected chi connectivity index (χ1v) is 8.57. The molecule has 0 radical (unpaired) electrons. The molecule has 132 valence electrons. The van der Waals surface area contributed by atoms with E-state index in [0.717, 1.165) is 24.2 Å². The Kier molecular flexibility index (Phi) is 4.75. The molecule has 8 nitrogen and oxygen atoms in total. The van der Waals surface area contributed by atoms with Crippen molar-refractivity contribution in [1.29, 1.82) is 0 Å².